The first kappa shape index (κ1) is 17.5. The van der Waals surface area contributed by atoms with Gasteiger partial charge in [-0.1, -0.05) is 19.0 Å². The Labute approximate surface area is 148 Å². The summed E-state index contributed by atoms with van der Waals surface area (Å²) in [7, 11) is 0. The molecule has 0 spiro atoms. The van der Waals surface area contributed by atoms with E-state index in [1.165, 1.54) is 5.56 Å². The first-order valence-corrected chi connectivity index (χ1v) is 8.83. The molecule has 1 aliphatic rings. The number of aryl methyl sites for hydroxylation is 1. The molecule has 3 heterocycles. The number of aromatic nitrogens is 3. The number of hydrogen-bond acceptors (Lipinski definition) is 6. The lowest BCUT2D eigenvalue weighted by Gasteiger charge is -2.34. The fourth-order valence-electron chi connectivity index (χ4n) is 2.88. The second-order valence-corrected chi connectivity index (χ2v) is 6.71. The molecule has 0 aromatic carbocycles. The molecule has 0 bridgehead atoms. The van der Waals surface area contributed by atoms with Crippen LogP contribution in [0.1, 0.15) is 43.5 Å². The molecule has 1 fully saturated rings. The Bertz CT molecular complexity index is 678. The number of pyridine rings is 1. The number of hydrogen-bond donors (Lipinski definition) is 0. The third kappa shape index (κ3) is 4.85. The lowest BCUT2D eigenvalue weighted by atomic mass is 10.2. The van der Waals surface area contributed by atoms with Gasteiger partial charge in [0.2, 0.25) is 11.8 Å². The van der Waals surface area contributed by atoms with Crippen molar-refractivity contribution in [1.82, 2.24) is 24.9 Å². The molecule has 1 aliphatic heterocycles. The van der Waals surface area contributed by atoms with E-state index in [0.29, 0.717) is 24.6 Å². The van der Waals surface area contributed by atoms with Gasteiger partial charge in [-0.15, -0.1) is 0 Å². The van der Waals surface area contributed by atoms with E-state index in [-0.39, 0.29) is 11.8 Å². The van der Waals surface area contributed by atoms with Crippen molar-refractivity contribution in [2.75, 3.05) is 26.2 Å². The minimum atomic E-state index is 0.160. The van der Waals surface area contributed by atoms with Gasteiger partial charge in [-0.3, -0.25) is 14.7 Å². The van der Waals surface area contributed by atoms with Crippen LogP contribution in [0.2, 0.25) is 0 Å². The predicted molar refractivity (Wildman–Crippen MR) is 92.8 cm³/mol. The second-order valence-electron chi connectivity index (χ2n) is 6.71. The van der Waals surface area contributed by atoms with Crippen molar-refractivity contribution < 1.29 is 9.32 Å². The van der Waals surface area contributed by atoms with Crippen LogP contribution in [0.4, 0.5) is 0 Å². The average Bonchev–Trinajstić information content (AvgIpc) is 3.11. The van der Waals surface area contributed by atoms with Crippen molar-refractivity contribution in [2.24, 2.45) is 0 Å². The maximum Gasteiger partial charge on any atom is 0.227 e. The third-order valence-electron chi connectivity index (χ3n) is 4.43. The van der Waals surface area contributed by atoms with Gasteiger partial charge in [-0.05, 0) is 17.7 Å². The first-order chi connectivity index (χ1) is 12.1. The fourth-order valence-corrected chi connectivity index (χ4v) is 2.88. The van der Waals surface area contributed by atoms with Crippen molar-refractivity contribution in [2.45, 2.75) is 39.2 Å². The highest BCUT2D eigenvalue weighted by molar-refractivity contribution is 5.76. The van der Waals surface area contributed by atoms with Gasteiger partial charge < -0.3 is 9.42 Å². The molecular formula is C18H25N5O2. The van der Waals surface area contributed by atoms with E-state index in [4.69, 9.17) is 4.52 Å². The van der Waals surface area contributed by atoms with Gasteiger partial charge in [-0.25, -0.2) is 0 Å². The van der Waals surface area contributed by atoms with Gasteiger partial charge in [0.05, 0.1) is 0 Å². The van der Waals surface area contributed by atoms with Crippen LogP contribution in [-0.4, -0.2) is 57.0 Å². The summed E-state index contributed by atoms with van der Waals surface area (Å²) in [5.74, 6) is 1.65. The Hall–Kier alpha value is -2.28. The zero-order valence-corrected chi connectivity index (χ0v) is 14.9. The molecule has 0 atom stereocenters. The average molecular weight is 343 g/mol. The largest absolute Gasteiger partial charge is 0.340 e. The van der Waals surface area contributed by atoms with Gasteiger partial charge in [0.1, 0.15) is 0 Å². The molecule has 7 nitrogen and oxygen atoms in total. The van der Waals surface area contributed by atoms with Crippen molar-refractivity contribution in [3.8, 4) is 0 Å². The quantitative estimate of drug-likeness (QED) is 0.797. The number of amides is 1. The molecule has 3 rings (SSSR count). The maximum absolute atomic E-state index is 12.4. The van der Waals surface area contributed by atoms with E-state index in [2.05, 4.69) is 20.0 Å². The number of carbonyl (C=O) groups is 1. The zero-order valence-electron chi connectivity index (χ0n) is 14.9. The lowest BCUT2D eigenvalue weighted by Crippen LogP contribution is -2.48. The minimum Gasteiger partial charge on any atom is -0.340 e. The lowest BCUT2D eigenvalue weighted by molar-refractivity contribution is -0.133. The molecule has 2 aromatic rings. The maximum atomic E-state index is 12.4. The van der Waals surface area contributed by atoms with Crippen LogP contribution in [0.3, 0.4) is 0 Å². The van der Waals surface area contributed by atoms with Crippen LogP contribution in [0.25, 0.3) is 0 Å². The normalized spacial score (nSPS) is 15.7. The molecule has 0 unspecified atom stereocenters. The summed E-state index contributed by atoms with van der Waals surface area (Å²) in [5.41, 5.74) is 1.26. The second kappa shape index (κ2) is 8.20. The van der Waals surface area contributed by atoms with Crippen molar-refractivity contribution >= 4 is 5.91 Å². The van der Waals surface area contributed by atoms with Gasteiger partial charge in [0, 0.05) is 63.9 Å². The number of rotatable bonds is 6. The number of carbonyl (C=O) groups excluding carboxylic acids is 1. The van der Waals surface area contributed by atoms with Crippen molar-refractivity contribution in [3.63, 3.8) is 0 Å². The standard InChI is InChI=1S/C18H25N5O2/c1-14(2)18-20-16(25-21-18)3-4-17(24)23-11-9-22(10-12-23)13-15-5-7-19-8-6-15/h5-8,14H,3-4,9-13H2,1-2H3. The highest BCUT2D eigenvalue weighted by atomic mass is 16.5. The summed E-state index contributed by atoms with van der Waals surface area (Å²) in [4.78, 5) is 25.1. The van der Waals surface area contributed by atoms with Crippen LogP contribution < -0.4 is 0 Å². The van der Waals surface area contributed by atoms with E-state index in [9.17, 15) is 4.79 Å². The molecular weight excluding hydrogens is 318 g/mol. The first-order valence-electron chi connectivity index (χ1n) is 8.83. The van der Waals surface area contributed by atoms with Crippen molar-refractivity contribution in [3.05, 3.63) is 41.8 Å². The molecule has 0 N–H and O–H groups in total. The molecule has 7 heteroatoms. The van der Waals surface area contributed by atoms with Crippen LogP contribution in [0.15, 0.2) is 29.0 Å². The monoisotopic (exact) mass is 343 g/mol. The molecule has 0 saturated carbocycles. The molecule has 134 valence electrons. The molecule has 0 aliphatic carbocycles. The zero-order chi connectivity index (χ0) is 17.6. The van der Waals surface area contributed by atoms with Gasteiger partial charge in [-0.2, -0.15) is 4.98 Å². The molecule has 2 aromatic heterocycles. The summed E-state index contributed by atoms with van der Waals surface area (Å²) >= 11 is 0. The summed E-state index contributed by atoms with van der Waals surface area (Å²) in [5, 5.41) is 3.93. The van der Waals surface area contributed by atoms with Crippen LogP contribution >= 0.6 is 0 Å². The topological polar surface area (TPSA) is 75.4 Å². The predicted octanol–water partition coefficient (Wildman–Crippen LogP) is 1.87. The Morgan fingerprint density at radius 2 is 1.92 bits per heavy atom. The summed E-state index contributed by atoms with van der Waals surface area (Å²) < 4.78 is 5.20. The highest BCUT2D eigenvalue weighted by Crippen LogP contribution is 2.12. The summed E-state index contributed by atoms with van der Waals surface area (Å²) in [6.45, 7) is 8.27. The molecule has 25 heavy (non-hydrogen) atoms. The highest BCUT2D eigenvalue weighted by Gasteiger charge is 2.21. The molecule has 1 saturated heterocycles. The van der Waals surface area contributed by atoms with E-state index >= 15 is 0 Å². The van der Waals surface area contributed by atoms with Gasteiger partial charge >= 0.3 is 0 Å². The van der Waals surface area contributed by atoms with Crippen molar-refractivity contribution in [1.29, 1.82) is 0 Å². The molecule has 1 amide bonds. The summed E-state index contributed by atoms with van der Waals surface area (Å²) in [6.07, 6.45) is 4.56. The minimum absolute atomic E-state index is 0.160. The Balaban J connectivity index is 1.42. The third-order valence-corrected chi connectivity index (χ3v) is 4.43. The Morgan fingerprint density at radius 1 is 1.20 bits per heavy atom. The number of nitrogens with zero attached hydrogens (tertiary/aromatic N) is 5. The number of piperazine rings is 1. The Morgan fingerprint density at radius 3 is 2.56 bits per heavy atom. The fraction of sp³-hybridized carbons (Fsp3) is 0.556. The van der Waals surface area contributed by atoms with Gasteiger partial charge in [0.15, 0.2) is 5.82 Å². The SMILES string of the molecule is CC(C)c1noc(CCC(=O)N2CCN(Cc3ccncc3)CC2)n1. The van der Waals surface area contributed by atoms with E-state index in [0.717, 1.165) is 32.7 Å². The van der Waals surface area contributed by atoms with E-state index < -0.39 is 0 Å². The smallest absolute Gasteiger partial charge is 0.227 e. The van der Waals surface area contributed by atoms with Crippen LogP contribution in [0.5, 0.6) is 0 Å². The van der Waals surface area contributed by atoms with Crippen LogP contribution in [-0.2, 0) is 17.8 Å². The molecule has 0 radical (unpaired) electrons. The van der Waals surface area contributed by atoms with E-state index in [1.807, 2.05) is 43.3 Å². The summed E-state index contributed by atoms with van der Waals surface area (Å²) in [6, 6.07) is 4.07. The van der Waals surface area contributed by atoms with Gasteiger partial charge in [0.25, 0.3) is 0 Å². The van der Waals surface area contributed by atoms with Crippen LogP contribution in [0, 0.1) is 0 Å². The Kier molecular flexibility index (Phi) is 5.75. The van der Waals surface area contributed by atoms with E-state index in [1.54, 1.807) is 0 Å².